The summed E-state index contributed by atoms with van der Waals surface area (Å²) in [5, 5.41) is 3.31. The van der Waals surface area contributed by atoms with Crippen LogP contribution in [0.25, 0.3) is 0 Å². The number of hydrogen-bond acceptors (Lipinski definition) is 3. The molecule has 1 fully saturated rings. The van der Waals surface area contributed by atoms with E-state index in [-0.39, 0.29) is 12.4 Å². The molecule has 16 heavy (non-hydrogen) atoms. The fourth-order valence-electron chi connectivity index (χ4n) is 1.78. The van der Waals surface area contributed by atoms with Crippen LogP contribution in [0, 0.1) is 0 Å². The minimum atomic E-state index is 0. The molecule has 0 saturated carbocycles. The maximum atomic E-state index is 11.8. The Morgan fingerprint density at radius 3 is 2.88 bits per heavy atom. The SMILES string of the molecule is CSCCCCC(=O)N1CCCNCC1.Cl. The number of hydrogen-bond donors (Lipinski definition) is 1. The summed E-state index contributed by atoms with van der Waals surface area (Å²) < 4.78 is 0. The Labute approximate surface area is 109 Å². The molecule has 5 heteroatoms. The van der Waals surface area contributed by atoms with Gasteiger partial charge >= 0.3 is 0 Å². The molecular weight excluding hydrogens is 244 g/mol. The van der Waals surface area contributed by atoms with Crippen molar-refractivity contribution in [1.82, 2.24) is 10.2 Å². The van der Waals surface area contributed by atoms with E-state index in [0.717, 1.165) is 45.4 Å². The fourth-order valence-corrected chi connectivity index (χ4v) is 2.27. The molecule has 1 heterocycles. The van der Waals surface area contributed by atoms with Crippen LogP contribution in [0.15, 0.2) is 0 Å². The summed E-state index contributed by atoms with van der Waals surface area (Å²) in [5.74, 6) is 1.52. The topological polar surface area (TPSA) is 32.3 Å². The number of carbonyl (C=O) groups excluding carboxylic acids is 1. The Morgan fingerprint density at radius 2 is 2.12 bits per heavy atom. The van der Waals surface area contributed by atoms with Gasteiger partial charge in [0.15, 0.2) is 0 Å². The number of thioether (sulfide) groups is 1. The summed E-state index contributed by atoms with van der Waals surface area (Å²) >= 11 is 1.86. The van der Waals surface area contributed by atoms with Crippen molar-refractivity contribution in [3.63, 3.8) is 0 Å². The van der Waals surface area contributed by atoms with Crippen molar-refractivity contribution in [3.8, 4) is 0 Å². The number of unbranched alkanes of at least 4 members (excludes halogenated alkanes) is 1. The van der Waals surface area contributed by atoms with E-state index in [1.54, 1.807) is 0 Å². The van der Waals surface area contributed by atoms with Crippen LogP contribution in [0.4, 0.5) is 0 Å². The maximum Gasteiger partial charge on any atom is 0.222 e. The van der Waals surface area contributed by atoms with Gasteiger partial charge in [-0.25, -0.2) is 0 Å². The first-order valence-corrected chi connectivity index (χ1v) is 7.21. The van der Waals surface area contributed by atoms with Gasteiger partial charge in [-0.05, 0) is 37.8 Å². The first kappa shape index (κ1) is 16.1. The zero-order chi connectivity index (χ0) is 10.9. The zero-order valence-electron chi connectivity index (χ0n) is 10.0. The Morgan fingerprint density at radius 1 is 1.31 bits per heavy atom. The van der Waals surface area contributed by atoms with E-state index >= 15 is 0 Å². The van der Waals surface area contributed by atoms with E-state index in [0.29, 0.717) is 5.91 Å². The minimum absolute atomic E-state index is 0. The largest absolute Gasteiger partial charge is 0.341 e. The molecule has 96 valence electrons. The molecule has 0 spiro atoms. The molecule has 0 bridgehead atoms. The van der Waals surface area contributed by atoms with Crippen molar-refractivity contribution < 1.29 is 4.79 Å². The van der Waals surface area contributed by atoms with Gasteiger partial charge in [-0.2, -0.15) is 11.8 Å². The number of amides is 1. The summed E-state index contributed by atoms with van der Waals surface area (Å²) in [4.78, 5) is 13.8. The van der Waals surface area contributed by atoms with Crippen LogP contribution in [0.2, 0.25) is 0 Å². The summed E-state index contributed by atoms with van der Waals surface area (Å²) in [5.41, 5.74) is 0. The lowest BCUT2D eigenvalue weighted by atomic mass is 10.2. The molecule has 1 saturated heterocycles. The highest BCUT2D eigenvalue weighted by atomic mass is 35.5. The lowest BCUT2D eigenvalue weighted by Gasteiger charge is -2.19. The highest BCUT2D eigenvalue weighted by molar-refractivity contribution is 7.98. The molecule has 0 radical (unpaired) electrons. The lowest BCUT2D eigenvalue weighted by Crippen LogP contribution is -2.33. The van der Waals surface area contributed by atoms with Gasteiger partial charge < -0.3 is 10.2 Å². The third-order valence-corrected chi connectivity index (χ3v) is 3.38. The molecule has 0 aromatic carbocycles. The van der Waals surface area contributed by atoms with Gasteiger partial charge in [0.25, 0.3) is 0 Å². The summed E-state index contributed by atoms with van der Waals surface area (Å²) in [6.07, 6.45) is 6.15. The molecule has 0 atom stereocenters. The van der Waals surface area contributed by atoms with Gasteiger partial charge in [0.1, 0.15) is 0 Å². The van der Waals surface area contributed by atoms with Crippen LogP contribution in [0.3, 0.4) is 0 Å². The molecule has 1 aliphatic rings. The molecule has 1 amide bonds. The van der Waals surface area contributed by atoms with Crippen molar-refractivity contribution in [3.05, 3.63) is 0 Å². The molecule has 1 aliphatic heterocycles. The van der Waals surface area contributed by atoms with E-state index < -0.39 is 0 Å². The zero-order valence-corrected chi connectivity index (χ0v) is 11.7. The first-order chi connectivity index (χ1) is 7.34. The van der Waals surface area contributed by atoms with Crippen LogP contribution in [0.5, 0.6) is 0 Å². The standard InChI is InChI=1S/C11H22N2OS.ClH/c1-15-10-3-2-5-11(14)13-8-4-6-12-7-9-13;/h12H,2-10H2,1H3;1H. The third kappa shape index (κ3) is 6.61. The highest BCUT2D eigenvalue weighted by Crippen LogP contribution is 2.06. The summed E-state index contributed by atoms with van der Waals surface area (Å²) in [6.45, 7) is 3.84. The van der Waals surface area contributed by atoms with Crippen LogP contribution in [0.1, 0.15) is 25.7 Å². The van der Waals surface area contributed by atoms with Crippen molar-refractivity contribution in [2.24, 2.45) is 0 Å². The number of carbonyl (C=O) groups is 1. The first-order valence-electron chi connectivity index (χ1n) is 5.82. The maximum absolute atomic E-state index is 11.8. The average molecular weight is 267 g/mol. The van der Waals surface area contributed by atoms with Crippen LogP contribution in [-0.2, 0) is 4.79 Å². The predicted octanol–water partition coefficient (Wildman–Crippen LogP) is 1.76. The molecule has 0 unspecified atom stereocenters. The average Bonchev–Trinajstić information content (AvgIpc) is 2.52. The quantitative estimate of drug-likeness (QED) is 0.770. The molecule has 1 N–H and O–H groups in total. The molecule has 1 rings (SSSR count). The fraction of sp³-hybridized carbons (Fsp3) is 0.909. The van der Waals surface area contributed by atoms with Gasteiger partial charge in [0, 0.05) is 26.1 Å². The molecule has 0 aliphatic carbocycles. The lowest BCUT2D eigenvalue weighted by molar-refractivity contribution is -0.131. The molecule has 0 aromatic heterocycles. The number of halogens is 1. The van der Waals surface area contributed by atoms with Gasteiger partial charge in [0.2, 0.25) is 5.91 Å². The van der Waals surface area contributed by atoms with Crippen molar-refractivity contribution in [1.29, 1.82) is 0 Å². The normalized spacial score (nSPS) is 16.4. The minimum Gasteiger partial charge on any atom is -0.341 e. The van der Waals surface area contributed by atoms with Gasteiger partial charge in [0.05, 0.1) is 0 Å². The van der Waals surface area contributed by atoms with Gasteiger partial charge in [-0.1, -0.05) is 0 Å². The Hall–Kier alpha value is 0.0700. The molecule has 0 aromatic rings. The molecular formula is C11H23ClN2OS. The van der Waals surface area contributed by atoms with Crippen molar-refractivity contribution in [2.45, 2.75) is 25.7 Å². The Kier molecular flexibility index (Phi) is 10.3. The highest BCUT2D eigenvalue weighted by Gasteiger charge is 2.14. The van der Waals surface area contributed by atoms with E-state index in [2.05, 4.69) is 11.6 Å². The van der Waals surface area contributed by atoms with Gasteiger partial charge in [-0.3, -0.25) is 4.79 Å². The predicted molar refractivity (Wildman–Crippen MR) is 73.5 cm³/mol. The Balaban J connectivity index is 0.00000225. The third-order valence-electron chi connectivity index (χ3n) is 2.68. The van der Waals surface area contributed by atoms with E-state index in [4.69, 9.17) is 0 Å². The summed E-state index contributed by atoms with van der Waals surface area (Å²) in [6, 6.07) is 0. The van der Waals surface area contributed by atoms with Crippen LogP contribution < -0.4 is 5.32 Å². The van der Waals surface area contributed by atoms with Gasteiger partial charge in [-0.15, -0.1) is 12.4 Å². The second-order valence-electron chi connectivity index (χ2n) is 3.93. The van der Waals surface area contributed by atoms with Crippen molar-refractivity contribution >= 4 is 30.1 Å². The number of nitrogens with one attached hydrogen (secondary N) is 1. The van der Waals surface area contributed by atoms with E-state index in [1.165, 1.54) is 12.2 Å². The van der Waals surface area contributed by atoms with E-state index in [9.17, 15) is 4.79 Å². The van der Waals surface area contributed by atoms with Crippen molar-refractivity contribution in [2.75, 3.05) is 38.2 Å². The van der Waals surface area contributed by atoms with E-state index in [1.807, 2.05) is 16.7 Å². The Bertz CT molecular complexity index is 185. The second-order valence-corrected chi connectivity index (χ2v) is 4.92. The smallest absolute Gasteiger partial charge is 0.222 e. The van der Waals surface area contributed by atoms with Crippen LogP contribution in [-0.4, -0.2) is 49.0 Å². The van der Waals surface area contributed by atoms with Crippen LogP contribution >= 0.6 is 24.2 Å². The monoisotopic (exact) mass is 266 g/mol. The second kappa shape index (κ2) is 10.2. The molecule has 3 nitrogen and oxygen atoms in total. The number of nitrogens with zero attached hydrogens (tertiary/aromatic N) is 1. The number of rotatable bonds is 5. The summed E-state index contributed by atoms with van der Waals surface area (Å²) in [7, 11) is 0.